The van der Waals surface area contributed by atoms with Gasteiger partial charge in [0.05, 0.1) is 11.1 Å². The number of imide groups is 1. The molecule has 2 heterocycles. The number of hydrogen-bond donors (Lipinski definition) is 4. The van der Waals surface area contributed by atoms with Gasteiger partial charge < -0.3 is 10.8 Å². The van der Waals surface area contributed by atoms with Crippen LogP contribution in [0, 0.1) is 0 Å². The molecule has 0 aliphatic carbocycles. The molecule has 142 valence electrons. The van der Waals surface area contributed by atoms with Gasteiger partial charge >= 0.3 is 0 Å². The van der Waals surface area contributed by atoms with Gasteiger partial charge in [-0.15, -0.1) is 0 Å². The highest BCUT2D eigenvalue weighted by atomic mass is 32.2. The number of carbonyl (C=O) groups excluding carboxylic acids is 2. The monoisotopic (exact) mass is 401 g/mol. The minimum Gasteiger partial charge on any atom is -0.506 e. The second-order valence-electron chi connectivity index (χ2n) is 6.04. The van der Waals surface area contributed by atoms with Crippen molar-refractivity contribution < 1.29 is 27.7 Å². The first-order valence-electron chi connectivity index (χ1n) is 7.75. The molecule has 4 rings (SSSR count). The molecule has 11 heteroatoms. The number of hydrogen-bond acceptors (Lipinski definition) is 7. The molecular weight excluding hydrogens is 390 g/mol. The quantitative estimate of drug-likeness (QED) is 0.353. The van der Waals surface area contributed by atoms with Crippen LogP contribution in [0.4, 0.5) is 5.82 Å². The van der Waals surface area contributed by atoms with Crippen molar-refractivity contribution in [1.29, 1.82) is 0 Å². The van der Waals surface area contributed by atoms with Gasteiger partial charge in [0.25, 0.3) is 27.5 Å². The van der Waals surface area contributed by atoms with Crippen molar-refractivity contribution in [3.8, 4) is 11.4 Å². The van der Waals surface area contributed by atoms with E-state index in [1.165, 1.54) is 24.3 Å². The smallest absolute Gasteiger partial charge is 0.295 e. The van der Waals surface area contributed by atoms with Crippen LogP contribution in [0.15, 0.2) is 46.1 Å². The molecule has 0 spiro atoms. The molecule has 3 aromatic rings. The Morgan fingerprint density at radius 2 is 1.64 bits per heavy atom. The van der Waals surface area contributed by atoms with Gasteiger partial charge in [0, 0.05) is 22.9 Å². The molecule has 28 heavy (non-hydrogen) atoms. The fourth-order valence-corrected chi connectivity index (χ4v) is 3.99. The van der Waals surface area contributed by atoms with Crippen molar-refractivity contribution in [3.63, 3.8) is 0 Å². The van der Waals surface area contributed by atoms with E-state index in [9.17, 15) is 32.5 Å². The normalized spacial score (nSPS) is 13.6. The highest BCUT2D eigenvalue weighted by Gasteiger charge is 2.33. The summed E-state index contributed by atoms with van der Waals surface area (Å²) in [7, 11) is -4.68. The van der Waals surface area contributed by atoms with Crippen LogP contribution < -0.4 is 16.6 Å². The second-order valence-corrected chi connectivity index (χ2v) is 7.43. The van der Waals surface area contributed by atoms with Crippen molar-refractivity contribution in [2.24, 2.45) is 0 Å². The maximum Gasteiger partial charge on any atom is 0.295 e. The first kappa shape index (κ1) is 17.7. The molecule has 0 atom stereocenters. The third-order valence-electron chi connectivity index (χ3n) is 4.41. The zero-order valence-corrected chi connectivity index (χ0v) is 14.6. The third-order valence-corrected chi connectivity index (χ3v) is 5.31. The first-order chi connectivity index (χ1) is 13.1. The van der Waals surface area contributed by atoms with Crippen LogP contribution in [-0.4, -0.2) is 34.5 Å². The van der Waals surface area contributed by atoms with E-state index >= 15 is 0 Å². The lowest BCUT2D eigenvalue weighted by Crippen LogP contribution is -2.24. The summed E-state index contributed by atoms with van der Waals surface area (Å²) >= 11 is 0. The predicted octanol–water partition coefficient (Wildman–Crippen LogP) is 0.409. The first-order valence-corrected chi connectivity index (χ1v) is 9.19. The van der Waals surface area contributed by atoms with E-state index in [0.29, 0.717) is 0 Å². The van der Waals surface area contributed by atoms with Crippen molar-refractivity contribution in [1.82, 2.24) is 9.88 Å². The maximum atomic E-state index is 12.6. The van der Waals surface area contributed by atoms with Gasteiger partial charge in [0.15, 0.2) is 0 Å². The van der Waals surface area contributed by atoms with Crippen LogP contribution in [0.5, 0.6) is 5.75 Å². The molecule has 0 radical (unpaired) electrons. The van der Waals surface area contributed by atoms with E-state index in [1.807, 2.05) is 5.32 Å². The Hall–Kier alpha value is -3.70. The molecule has 10 nitrogen and oxygen atoms in total. The molecule has 1 aromatic heterocycles. The SMILES string of the molecule is Nc1c2c(cc(=O)n1-c1c(O)cc(S(=O)(=O)O)c3ccccc13)C(=O)NC2=O. The molecule has 0 unspecified atom stereocenters. The lowest BCUT2D eigenvalue weighted by molar-refractivity contribution is 0.0880. The summed E-state index contributed by atoms with van der Waals surface area (Å²) in [5, 5.41) is 12.6. The number of aromatic nitrogens is 1. The van der Waals surface area contributed by atoms with E-state index in [2.05, 4.69) is 0 Å². The molecule has 0 fully saturated rings. The molecule has 0 bridgehead atoms. The third kappa shape index (κ3) is 2.37. The van der Waals surface area contributed by atoms with Crippen LogP contribution in [0.25, 0.3) is 16.5 Å². The number of nitrogens with one attached hydrogen (secondary N) is 1. The van der Waals surface area contributed by atoms with Crippen LogP contribution >= 0.6 is 0 Å². The molecule has 5 N–H and O–H groups in total. The van der Waals surface area contributed by atoms with Crippen molar-refractivity contribution in [2.75, 3.05) is 5.73 Å². The summed E-state index contributed by atoms with van der Waals surface area (Å²) in [6.45, 7) is 0. The molecule has 0 saturated heterocycles. The van der Waals surface area contributed by atoms with E-state index in [4.69, 9.17) is 5.73 Å². The van der Waals surface area contributed by atoms with E-state index in [0.717, 1.165) is 16.7 Å². The molecule has 2 amide bonds. The average Bonchev–Trinajstić information content (AvgIpc) is 2.89. The Kier molecular flexibility index (Phi) is 3.57. The fraction of sp³-hybridized carbons (Fsp3) is 0. The Morgan fingerprint density at radius 3 is 2.29 bits per heavy atom. The number of aromatic hydroxyl groups is 1. The second kappa shape index (κ2) is 5.65. The van der Waals surface area contributed by atoms with Crippen molar-refractivity contribution >= 4 is 38.5 Å². The minimum atomic E-state index is -4.68. The number of rotatable bonds is 2. The summed E-state index contributed by atoms with van der Waals surface area (Å²) in [6, 6.07) is 7.46. The van der Waals surface area contributed by atoms with Gasteiger partial charge in [-0.3, -0.25) is 28.8 Å². The highest BCUT2D eigenvalue weighted by molar-refractivity contribution is 7.86. The largest absolute Gasteiger partial charge is 0.506 e. The lowest BCUT2D eigenvalue weighted by atomic mass is 10.1. The molecule has 1 aliphatic heterocycles. The Labute approximate surface area is 156 Å². The average molecular weight is 401 g/mol. The number of amides is 2. The summed E-state index contributed by atoms with van der Waals surface area (Å²) < 4.78 is 33.6. The topological polar surface area (TPSA) is 169 Å². The van der Waals surface area contributed by atoms with Gasteiger partial charge in [0.1, 0.15) is 22.2 Å². The molecule has 1 aliphatic rings. The van der Waals surface area contributed by atoms with Gasteiger partial charge in [0.2, 0.25) is 0 Å². The summed E-state index contributed by atoms with van der Waals surface area (Å²) in [4.78, 5) is 35.9. The molecule has 2 aromatic carbocycles. The number of nitrogens with zero attached hydrogens (tertiary/aromatic N) is 1. The van der Waals surface area contributed by atoms with Gasteiger partial charge in [-0.05, 0) is 0 Å². The number of nitrogens with two attached hydrogens (primary N) is 1. The number of benzene rings is 2. The molecule has 0 saturated carbocycles. The Balaban J connectivity index is 2.18. The Bertz CT molecular complexity index is 1390. The Morgan fingerprint density at radius 1 is 1.00 bits per heavy atom. The number of phenols is 1. The number of nitrogen functional groups attached to an aromatic ring is 1. The lowest BCUT2D eigenvalue weighted by Gasteiger charge is -2.17. The van der Waals surface area contributed by atoms with E-state index in [1.54, 1.807) is 0 Å². The van der Waals surface area contributed by atoms with Gasteiger partial charge in [-0.2, -0.15) is 8.42 Å². The summed E-state index contributed by atoms with van der Waals surface area (Å²) in [5.74, 6) is -2.65. The van der Waals surface area contributed by atoms with Crippen LogP contribution in [-0.2, 0) is 10.1 Å². The molecular formula is C17H11N3O7S. The summed E-state index contributed by atoms with van der Waals surface area (Å²) in [5.41, 5.74) is 4.54. The zero-order valence-electron chi connectivity index (χ0n) is 13.8. The van der Waals surface area contributed by atoms with Crippen molar-refractivity contribution in [2.45, 2.75) is 4.90 Å². The number of fused-ring (bicyclic) bond motifs is 2. The number of carbonyl (C=O) groups is 2. The van der Waals surface area contributed by atoms with Gasteiger partial charge in [-0.1, -0.05) is 24.3 Å². The van der Waals surface area contributed by atoms with E-state index < -0.39 is 44.0 Å². The highest BCUT2D eigenvalue weighted by Crippen LogP contribution is 2.37. The number of pyridine rings is 1. The zero-order chi connectivity index (χ0) is 20.4. The minimum absolute atomic E-state index is 0.0186. The van der Waals surface area contributed by atoms with Gasteiger partial charge in [-0.25, -0.2) is 0 Å². The van der Waals surface area contributed by atoms with E-state index in [-0.39, 0.29) is 27.6 Å². The summed E-state index contributed by atoms with van der Waals surface area (Å²) in [6.07, 6.45) is 0. The van der Waals surface area contributed by atoms with Crippen molar-refractivity contribution in [3.05, 3.63) is 57.9 Å². The maximum absolute atomic E-state index is 12.6. The number of phenolic OH excluding ortho intramolecular Hbond substituents is 1. The predicted molar refractivity (Wildman–Crippen MR) is 97.2 cm³/mol. The van der Waals surface area contributed by atoms with Crippen LogP contribution in [0.2, 0.25) is 0 Å². The fourth-order valence-electron chi connectivity index (χ4n) is 3.27. The van der Waals surface area contributed by atoms with Crippen LogP contribution in [0.3, 0.4) is 0 Å². The standard InChI is InChI=1S/C17H11N3O7S/c18-15-13-9(16(23)19-17(13)24)5-12(22)20(15)14-8-4-2-1-3-7(8)11(6-10(14)21)28(25,26)27/h1-6,21H,18H2,(H,19,23,24)(H,25,26,27). The van der Waals surface area contributed by atoms with Crippen LogP contribution in [0.1, 0.15) is 20.7 Å². The number of anilines is 1.